The topological polar surface area (TPSA) is 93.2 Å². The maximum absolute atomic E-state index is 12.4. The van der Waals surface area contributed by atoms with Crippen LogP contribution in [0.4, 0.5) is 5.69 Å². The molecule has 2 N–H and O–H groups in total. The van der Waals surface area contributed by atoms with Crippen LogP contribution in [-0.2, 0) is 6.61 Å². The van der Waals surface area contributed by atoms with Crippen LogP contribution in [0, 0.1) is 6.92 Å². The summed E-state index contributed by atoms with van der Waals surface area (Å²) >= 11 is 1.18. The summed E-state index contributed by atoms with van der Waals surface area (Å²) in [6.07, 6.45) is 2.08. The number of amides is 2. The van der Waals surface area contributed by atoms with Crippen LogP contribution in [0.25, 0.3) is 0 Å². The standard InChI is InChI=1S/C21H20N4O3S/c1-13-3-2-4-17(11-13)28-12-18-24-25-21(29-18)20(27)23-15-7-5-14(6-8-15)19(26)22-16-9-10-16/h2-8,11,16H,9-10,12H2,1H3,(H,22,26)(H,23,27). The first-order valence-corrected chi connectivity index (χ1v) is 10.1. The van der Waals surface area contributed by atoms with Gasteiger partial charge in [-0.2, -0.15) is 0 Å². The Morgan fingerprint density at radius 1 is 1.10 bits per heavy atom. The number of anilines is 1. The van der Waals surface area contributed by atoms with Crippen LogP contribution in [0.15, 0.2) is 48.5 Å². The Bertz CT molecular complexity index is 1030. The Balaban J connectivity index is 1.32. The van der Waals surface area contributed by atoms with E-state index >= 15 is 0 Å². The predicted molar refractivity (Wildman–Crippen MR) is 110 cm³/mol. The average molecular weight is 408 g/mol. The Kier molecular flexibility index (Phi) is 5.53. The van der Waals surface area contributed by atoms with Gasteiger partial charge in [0.25, 0.3) is 11.8 Å². The zero-order chi connectivity index (χ0) is 20.2. The highest BCUT2D eigenvalue weighted by Crippen LogP contribution is 2.20. The number of rotatable bonds is 7. The van der Waals surface area contributed by atoms with E-state index in [-0.39, 0.29) is 23.4 Å². The zero-order valence-corrected chi connectivity index (χ0v) is 16.7. The van der Waals surface area contributed by atoms with Crippen molar-refractivity contribution >= 4 is 28.8 Å². The summed E-state index contributed by atoms with van der Waals surface area (Å²) in [6, 6.07) is 14.8. The SMILES string of the molecule is Cc1cccc(OCc2nnc(C(=O)Nc3ccc(C(=O)NC4CC4)cc3)s2)c1. The largest absolute Gasteiger partial charge is 0.486 e. The molecule has 7 nitrogen and oxygen atoms in total. The summed E-state index contributed by atoms with van der Waals surface area (Å²) in [4.78, 5) is 24.4. The first-order valence-electron chi connectivity index (χ1n) is 9.31. The molecule has 2 aromatic carbocycles. The molecule has 8 heteroatoms. The second-order valence-electron chi connectivity index (χ2n) is 6.89. The van der Waals surface area contributed by atoms with E-state index in [1.54, 1.807) is 24.3 Å². The fourth-order valence-corrected chi connectivity index (χ4v) is 3.29. The van der Waals surface area contributed by atoms with Crippen molar-refractivity contribution < 1.29 is 14.3 Å². The lowest BCUT2D eigenvalue weighted by molar-refractivity contribution is 0.0950. The highest BCUT2D eigenvalue weighted by molar-refractivity contribution is 7.13. The van der Waals surface area contributed by atoms with Gasteiger partial charge in [0.1, 0.15) is 12.4 Å². The molecule has 1 fully saturated rings. The molecule has 0 radical (unpaired) electrons. The molecule has 2 amide bonds. The molecule has 0 bridgehead atoms. The van der Waals surface area contributed by atoms with Gasteiger partial charge in [-0.1, -0.05) is 23.5 Å². The monoisotopic (exact) mass is 408 g/mol. The minimum Gasteiger partial charge on any atom is -0.486 e. The molecule has 0 atom stereocenters. The number of carbonyl (C=O) groups is 2. The van der Waals surface area contributed by atoms with Crippen molar-refractivity contribution in [3.63, 3.8) is 0 Å². The van der Waals surface area contributed by atoms with E-state index in [1.807, 2.05) is 31.2 Å². The minimum atomic E-state index is -0.348. The molecule has 1 aliphatic carbocycles. The number of benzene rings is 2. The van der Waals surface area contributed by atoms with Crippen molar-refractivity contribution in [3.8, 4) is 5.75 Å². The molecule has 0 spiro atoms. The Morgan fingerprint density at radius 2 is 1.90 bits per heavy atom. The molecule has 29 heavy (non-hydrogen) atoms. The summed E-state index contributed by atoms with van der Waals surface area (Å²) in [5, 5.41) is 14.5. The molecule has 4 rings (SSSR count). The molecular formula is C21H20N4O3S. The van der Waals surface area contributed by atoms with Gasteiger partial charge in [0.15, 0.2) is 5.01 Å². The zero-order valence-electron chi connectivity index (χ0n) is 15.8. The third kappa shape index (κ3) is 5.17. The fraction of sp³-hybridized carbons (Fsp3) is 0.238. The van der Waals surface area contributed by atoms with Crippen LogP contribution >= 0.6 is 11.3 Å². The van der Waals surface area contributed by atoms with E-state index in [9.17, 15) is 9.59 Å². The van der Waals surface area contributed by atoms with Crippen LogP contribution in [0.1, 0.15) is 43.6 Å². The van der Waals surface area contributed by atoms with E-state index in [1.165, 1.54) is 11.3 Å². The Labute approximate surface area is 172 Å². The van der Waals surface area contributed by atoms with Gasteiger partial charge < -0.3 is 15.4 Å². The number of nitrogens with one attached hydrogen (secondary N) is 2. The summed E-state index contributed by atoms with van der Waals surface area (Å²) in [6.45, 7) is 2.24. The molecule has 1 saturated carbocycles. The van der Waals surface area contributed by atoms with Crippen LogP contribution in [-0.4, -0.2) is 28.1 Å². The molecule has 0 saturated heterocycles. The van der Waals surface area contributed by atoms with Crippen LogP contribution < -0.4 is 15.4 Å². The lowest BCUT2D eigenvalue weighted by Crippen LogP contribution is -2.25. The first kappa shape index (κ1) is 19.1. The molecule has 1 heterocycles. The normalized spacial score (nSPS) is 13.0. The third-order valence-electron chi connectivity index (χ3n) is 4.33. The van der Waals surface area contributed by atoms with Crippen molar-refractivity contribution in [2.24, 2.45) is 0 Å². The quantitative estimate of drug-likeness (QED) is 0.623. The van der Waals surface area contributed by atoms with Gasteiger partial charge in [-0.25, -0.2) is 0 Å². The van der Waals surface area contributed by atoms with Gasteiger partial charge in [0, 0.05) is 17.3 Å². The highest BCUT2D eigenvalue weighted by Gasteiger charge is 2.23. The molecule has 3 aromatic rings. The van der Waals surface area contributed by atoms with E-state index in [4.69, 9.17) is 4.74 Å². The van der Waals surface area contributed by atoms with Crippen molar-refractivity contribution in [1.82, 2.24) is 15.5 Å². The lowest BCUT2D eigenvalue weighted by atomic mass is 10.2. The van der Waals surface area contributed by atoms with Gasteiger partial charge in [-0.3, -0.25) is 9.59 Å². The van der Waals surface area contributed by atoms with Gasteiger partial charge in [-0.15, -0.1) is 10.2 Å². The second-order valence-corrected chi connectivity index (χ2v) is 7.95. The number of ether oxygens (including phenoxy) is 1. The number of hydrogen-bond donors (Lipinski definition) is 2. The maximum atomic E-state index is 12.4. The number of carbonyl (C=O) groups excluding carboxylic acids is 2. The number of nitrogens with zero attached hydrogens (tertiary/aromatic N) is 2. The van der Waals surface area contributed by atoms with E-state index in [2.05, 4.69) is 20.8 Å². The van der Waals surface area contributed by atoms with Gasteiger partial charge >= 0.3 is 0 Å². The molecule has 0 unspecified atom stereocenters. The van der Waals surface area contributed by atoms with Crippen molar-refractivity contribution in [1.29, 1.82) is 0 Å². The van der Waals surface area contributed by atoms with Crippen molar-refractivity contribution in [2.75, 3.05) is 5.32 Å². The van der Waals surface area contributed by atoms with Crippen molar-refractivity contribution in [2.45, 2.75) is 32.4 Å². The number of hydrogen-bond acceptors (Lipinski definition) is 6. The van der Waals surface area contributed by atoms with Crippen molar-refractivity contribution in [3.05, 3.63) is 69.7 Å². The fourth-order valence-electron chi connectivity index (χ4n) is 2.64. The summed E-state index contributed by atoms with van der Waals surface area (Å²) in [7, 11) is 0. The number of aromatic nitrogens is 2. The molecule has 0 aliphatic heterocycles. The summed E-state index contributed by atoms with van der Waals surface area (Å²) < 4.78 is 5.69. The smallest absolute Gasteiger partial charge is 0.286 e. The first-order chi connectivity index (χ1) is 14.1. The van der Waals surface area contributed by atoms with E-state index in [0.29, 0.717) is 22.3 Å². The lowest BCUT2D eigenvalue weighted by Gasteiger charge is -2.06. The van der Waals surface area contributed by atoms with E-state index in [0.717, 1.165) is 24.2 Å². The van der Waals surface area contributed by atoms with Gasteiger partial charge in [0.05, 0.1) is 0 Å². The van der Waals surface area contributed by atoms with Gasteiger partial charge in [0.2, 0.25) is 5.01 Å². The Hall–Kier alpha value is -3.26. The Morgan fingerprint density at radius 3 is 2.62 bits per heavy atom. The number of aryl methyl sites for hydroxylation is 1. The predicted octanol–water partition coefficient (Wildman–Crippen LogP) is 3.57. The second kappa shape index (κ2) is 8.40. The van der Waals surface area contributed by atoms with Crippen LogP contribution in [0.5, 0.6) is 5.75 Å². The van der Waals surface area contributed by atoms with Gasteiger partial charge in [-0.05, 0) is 61.7 Å². The molecule has 1 aromatic heterocycles. The molecular weight excluding hydrogens is 388 g/mol. The summed E-state index contributed by atoms with van der Waals surface area (Å²) in [5.41, 5.74) is 2.27. The third-order valence-corrected chi connectivity index (χ3v) is 5.23. The molecule has 148 valence electrons. The van der Waals surface area contributed by atoms with Crippen LogP contribution in [0.3, 0.4) is 0 Å². The van der Waals surface area contributed by atoms with Crippen LogP contribution in [0.2, 0.25) is 0 Å². The maximum Gasteiger partial charge on any atom is 0.286 e. The molecule has 1 aliphatic rings. The summed E-state index contributed by atoms with van der Waals surface area (Å²) in [5.74, 6) is 0.309. The average Bonchev–Trinajstić information content (AvgIpc) is 3.40. The highest BCUT2D eigenvalue weighted by atomic mass is 32.1. The van der Waals surface area contributed by atoms with E-state index < -0.39 is 0 Å². The minimum absolute atomic E-state index is 0.0900.